The van der Waals surface area contributed by atoms with Crippen LogP contribution < -0.4 is 14.8 Å². The van der Waals surface area contributed by atoms with E-state index in [0.717, 1.165) is 48.7 Å². The predicted octanol–water partition coefficient (Wildman–Crippen LogP) is 3.77. The highest BCUT2D eigenvalue weighted by Gasteiger charge is 2.23. The lowest BCUT2D eigenvalue weighted by Gasteiger charge is -2.33. The number of rotatable bonds is 5. The van der Waals surface area contributed by atoms with Crippen LogP contribution in [-0.4, -0.2) is 37.2 Å². The van der Waals surface area contributed by atoms with Crippen LogP contribution in [0.1, 0.15) is 28.1 Å². The molecule has 7 heteroatoms. The van der Waals surface area contributed by atoms with Gasteiger partial charge in [0, 0.05) is 30.7 Å². The number of ether oxygens (including phenoxy) is 2. The molecule has 1 saturated heterocycles. The fourth-order valence-corrected chi connectivity index (χ4v) is 4.37. The van der Waals surface area contributed by atoms with E-state index in [0.29, 0.717) is 23.2 Å². The van der Waals surface area contributed by atoms with Crippen molar-refractivity contribution in [1.29, 1.82) is 0 Å². The van der Waals surface area contributed by atoms with E-state index in [9.17, 15) is 4.79 Å². The maximum atomic E-state index is 12.1. The summed E-state index contributed by atoms with van der Waals surface area (Å²) in [5.41, 5.74) is 1.05. The molecule has 0 radical (unpaired) electrons. The number of nitrogens with one attached hydrogen (secondary N) is 1. The smallest absolute Gasteiger partial charge is 0.261 e. The van der Waals surface area contributed by atoms with Crippen LogP contribution in [0.4, 0.5) is 0 Å². The Morgan fingerprint density at radius 3 is 3.00 bits per heavy atom. The Balaban J connectivity index is 1.33. The topological polar surface area (TPSA) is 50.8 Å². The van der Waals surface area contributed by atoms with E-state index >= 15 is 0 Å². The zero-order valence-corrected chi connectivity index (χ0v) is 15.9. The molecule has 1 aromatic heterocycles. The molecule has 3 heterocycles. The summed E-state index contributed by atoms with van der Waals surface area (Å²) < 4.78 is 10.8. The second-order valence-electron chi connectivity index (χ2n) is 6.73. The van der Waals surface area contributed by atoms with Crippen molar-refractivity contribution >= 4 is 28.8 Å². The van der Waals surface area contributed by atoms with Crippen LogP contribution in [-0.2, 0) is 6.54 Å². The van der Waals surface area contributed by atoms with Gasteiger partial charge < -0.3 is 14.8 Å². The van der Waals surface area contributed by atoms with E-state index in [-0.39, 0.29) is 12.7 Å². The lowest BCUT2D eigenvalue weighted by molar-refractivity contribution is 0.0934. The first-order valence-corrected chi connectivity index (χ1v) is 10.1. The van der Waals surface area contributed by atoms with Crippen LogP contribution in [0.15, 0.2) is 29.6 Å². The van der Waals surface area contributed by atoms with Crippen molar-refractivity contribution in [3.8, 4) is 11.5 Å². The molecule has 4 rings (SSSR count). The molecule has 0 saturated carbocycles. The summed E-state index contributed by atoms with van der Waals surface area (Å²) in [6.45, 7) is 3.74. The summed E-state index contributed by atoms with van der Waals surface area (Å²) in [5, 5.41) is 5.70. The van der Waals surface area contributed by atoms with Crippen LogP contribution in [0, 0.1) is 5.92 Å². The van der Waals surface area contributed by atoms with Gasteiger partial charge in [-0.2, -0.15) is 0 Å². The first-order chi connectivity index (χ1) is 12.7. The van der Waals surface area contributed by atoms with Crippen molar-refractivity contribution in [2.45, 2.75) is 19.4 Å². The minimum Gasteiger partial charge on any atom is -0.454 e. The molecule has 2 aliphatic heterocycles. The van der Waals surface area contributed by atoms with Gasteiger partial charge in [-0.3, -0.25) is 9.69 Å². The number of hydrogen-bond donors (Lipinski definition) is 1. The first kappa shape index (κ1) is 17.6. The molecule has 2 aromatic rings. The minimum atomic E-state index is 0.0240. The predicted molar refractivity (Wildman–Crippen MR) is 102 cm³/mol. The maximum absolute atomic E-state index is 12.1. The SMILES string of the molecule is O=C(NC[C@@H]1CCCN(Cc2cc3c(cc2Cl)OCO3)C1)c1cccs1. The molecule has 0 bridgehead atoms. The standard InChI is InChI=1S/C19H21ClN2O3S/c20-15-8-17-16(24-12-25-17)7-14(15)11-22-5-1-3-13(10-22)9-21-19(23)18-4-2-6-26-18/h2,4,6-8,13H,1,3,5,9-12H2,(H,21,23)/t13-/m0/s1. The number of halogens is 1. The number of nitrogens with zero attached hydrogens (tertiary/aromatic N) is 1. The highest BCUT2D eigenvalue weighted by molar-refractivity contribution is 7.12. The van der Waals surface area contributed by atoms with E-state index in [1.54, 1.807) is 0 Å². The van der Waals surface area contributed by atoms with E-state index in [4.69, 9.17) is 21.1 Å². The van der Waals surface area contributed by atoms with Gasteiger partial charge in [-0.1, -0.05) is 17.7 Å². The Kier molecular flexibility index (Phi) is 5.33. The zero-order chi connectivity index (χ0) is 17.9. The average molecular weight is 393 g/mol. The Labute approximate surface area is 161 Å². The van der Waals surface area contributed by atoms with E-state index < -0.39 is 0 Å². The number of benzene rings is 1. The maximum Gasteiger partial charge on any atom is 0.261 e. The summed E-state index contributed by atoms with van der Waals surface area (Å²) >= 11 is 7.88. The quantitative estimate of drug-likeness (QED) is 0.841. The lowest BCUT2D eigenvalue weighted by atomic mass is 9.97. The number of fused-ring (bicyclic) bond motifs is 1. The van der Waals surface area contributed by atoms with Crippen LogP contribution in [0.3, 0.4) is 0 Å². The van der Waals surface area contributed by atoms with Crippen molar-refractivity contribution in [1.82, 2.24) is 10.2 Å². The molecular weight excluding hydrogens is 372 g/mol. The molecule has 2 aliphatic rings. The highest BCUT2D eigenvalue weighted by atomic mass is 35.5. The Morgan fingerprint density at radius 1 is 1.35 bits per heavy atom. The van der Waals surface area contributed by atoms with Gasteiger partial charge >= 0.3 is 0 Å². The monoisotopic (exact) mass is 392 g/mol. The first-order valence-electron chi connectivity index (χ1n) is 8.81. The zero-order valence-electron chi connectivity index (χ0n) is 14.4. The number of piperidine rings is 1. The number of thiophene rings is 1. The second-order valence-corrected chi connectivity index (χ2v) is 8.08. The Bertz CT molecular complexity index is 781. The van der Waals surface area contributed by atoms with Crippen LogP contribution in [0.25, 0.3) is 0 Å². The molecule has 5 nitrogen and oxygen atoms in total. The van der Waals surface area contributed by atoms with Crippen molar-refractivity contribution in [3.05, 3.63) is 45.1 Å². The fraction of sp³-hybridized carbons (Fsp3) is 0.421. The second kappa shape index (κ2) is 7.86. The van der Waals surface area contributed by atoms with Crippen molar-refractivity contribution in [2.24, 2.45) is 5.92 Å². The van der Waals surface area contributed by atoms with Crippen LogP contribution in [0.2, 0.25) is 5.02 Å². The van der Waals surface area contributed by atoms with Gasteiger partial charge in [0.25, 0.3) is 5.91 Å². The lowest BCUT2D eigenvalue weighted by Crippen LogP contribution is -2.40. The van der Waals surface area contributed by atoms with E-state index in [2.05, 4.69) is 10.2 Å². The summed E-state index contributed by atoms with van der Waals surface area (Å²) in [6, 6.07) is 7.57. The van der Waals surface area contributed by atoms with Crippen molar-refractivity contribution in [3.63, 3.8) is 0 Å². The van der Waals surface area contributed by atoms with Crippen molar-refractivity contribution < 1.29 is 14.3 Å². The van der Waals surface area contributed by atoms with E-state index in [1.807, 2.05) is 29.6 Å². The van der Waals surface area contributed by atoms with Gasteiger partial charge in [-0.05, 0) is 48.4 Å². The molecule has 1 N–H and O–H groups in total. The van der Waals surface area contributed by atoms with Gasteiger partial charge in [0.05, 0.1) is 4.88 Å². The summed E-state index contributed by atoms with van der Waals surface area (Å²) in [5.74, 6) is 1.96. The number of likely N-dealkylation sites (tertiary alicyclic amines) is 1. The molecule has 0 aliphatic carbocycles. The Morgan fingerprint density at radius 2 is 2.19 bits per heavy atom. The molecule has 0 spiro atoms. The normalized spacial score (nSPS) is 19.5. The molecule has 26 heavy (non-hydrogen) atoms. The largest absolute Gasteiger partial charge is 0.454 e. The van der Waals surface area contributed by atoms with Crippen LogP contribution >= 0.6 is 22.9 Å². The number of amides is 1. The van der Waals surface area contributed by atoms with Gasteiger partial charge in [0.2, 0.25) is 6.79 Å². The van der Waals surface area contributed by atoms with E-state index in [1.165, 1.54) is 11.3 Å². The molecule has 1 amide bonds. The molecule has 138 valence electrons. The fourth-order valence-electron chi connectivity index (χ4n) is 3.51. The Hall–Kier alpha value is -1.76. The molecule has 1 aromatic carbocycles. The summed E-state index contributed by atoms with van der Waals surface area (Å²) in [4.78, 5) is 15.3. The third-order valence-corrected chi connectivity index (χ3v) is 6.06. The number of carbonyl (C=O) groups is 1. The molecule has 1 atom stereocenters. The number of carbonyl (C=O) groups excluding carboxylic acids is 1. The summed E-state index contributed by atoms with van der Waals surface area (Å²) in [6.07, 6.45) is 2.26. The van der Waals surface area contributed by atoms with Gasteiger partial charge in [-0.25, -0.2) is 0 Å². The third-order valence-electron chi connectivity index (χ3n) is 4.83. The van der Waals surface area contributed by atoms with Crippen molar-refractivity contribution in [2.75, 3.05) is 26.4 Å². The van der Waals surface area contributed by atoms with Crippen LogP contribution in [0.5, 0.6) is 11.5 Å². The molecule has 1 fully saturated rings. The van der Waals surface area contributed by atoms with Gasteiger partial charge in [-0.15, -0.1) is 11.3 Å². The highest BCUT2D eigenvalue weighted by Crippen LogP contribution is 2.37. The van der Waals surface area contributed by atoms with Gasteiger partial charge in [0.15, 0.2) is 11.5 Å². The molecule has 0 unspecified atom stereocenters. The molecular formula is C19H21ClN2O3S. The van der Waals surface area contributed by atoms with Gasteiger partial charge in [0.1, 0.15) is 0 Å². The third kappa shape index (κ3) is 3.98. The minimum absolute atomic E-state index is 0.0240. The number of hydrogen-bond acceptors (Lipinski definition) is 5. The summed E-state index contributed by atoms with van der Waals surface area (Å²) in [7, 11) is 0. The average Bonchev–Trinajstić information content (AvgIpc) is 3.32.